The highest BCUT2D eigenvalue weighted by Crippen LogP contribution is 2.12. The van der Waals surface area contributed by atoms with Gasteiger partial charge in [0.25, 0.3) is 0 Å². The lowest BCUT2D eigenvalue weighted by Crippen LogP contribution is -2.41. The van der Waals surface area contributed by atoms with Crippen molar-refractivity contribution in [2.24, 2.45) is 0 Å². The van der Waals surface area contributed by atoms with Gasteiger partial charge in [0.05, 0.1) is 0 Å². The Bertz CT molecular complexity index is 394. The van der Waals surface area contributed by atoms with Crippen LogP contribution in [0.1, 0.15) is 12.5 Å². The maximum Gasteiger partial charge on any atom is 0.491 e. The highest BCUT2D eigenvalue weighted by Gasteiger charge is 2.24. The first-order valence-electron chi connectivity index (χ1n) is 4.87. The highest BCUT2D eigenvalue weighted by molar-refractivity contribution is 6.61. The molecule has 1 aromatic rings. The molecule has 0 aliphatic carbocycles. The molecule has 4 nitrogen and oxygen atoms in total. The summed E-state index contributed by atoms with van der Waals surface area (Å²) in [5.41, 5.74) is 2.50. The summed E-state index contributed by atoms with van der Waals surface area (Å²) >= 11 is 0. The Morgan fingerprint density at radius 2 is 2.40 bits per heavy atom. The number of fused-ring (bicyclic) bond motifs is 1. The van der Waals surface area contributed by atoms with Gasteiger partial charge in [0.15, 0.2) is 0 Å². The van der Waals surface area contributed by atoms with Crippen molar-refractivity contribution in [2.45, 2.75) is 13.3 Å². The third kappa shape index (κ3) is 2.19. The quantitative estimate of drug-likeness (QED) is 0.629. The van der Waals surface area contributed by atoms with Crippen LogP contribution in [0.3, 0.4) is 0 Å². The van der Waals surface area contributed by atoms with Crippen LogP contribution in [0.4, 0.5) is 5.69 Å². The van der Waals surface area contributed by atoms with Crippen LogP contribution in [0.5, 0.6) is 0 Å². The Hall–Kier alpha value is -1.33. The molecule has 1 aromatic carbocycles. The van der Waals surface area contributed by atoms with E-state index < -0.39 is 7.12 Å². The van der Waals surface area contributed by atoms with Crippen molar-refractivity contribution in [3.05, 3.63) is 23.8 Å². The lowest BCUT2D eigenvalue weighted by molar-refractivity contribution is -0.114. The summed E-state index contributed by atoms with van der Waals surface area (Å²) < 4.78 is 5.11. The molecule has 0 radical (unpaired) electrons. The average molecular weight is 205 g/mol. The molecule has 0 saturated carbocycles. The number of carbonyl (C=O) groups is 1. The fraction of sp³-hybridized carbons (Fsp3) is 0.300. The monoisotopic (exact) mass is 205 g/mol. The number of nitrogens with one attached hydrogen (secondary N) is 1. The fourth-order valence-electron chi connectivity index (χ4n) is 1.70. The molecule has 0 aromatic heterocycles. The van der Waals surface area contributed by atoms with E-state index in [-0.39, 0.29) is 5.91 Å². The number of hydrogen-bond donors (Lipinski definition) is 2. The third-order valence-corrected chi connectivity index (χ3v) is 2.38. The third-order valence-electron chi connectivity index (χ3n) is 2.38. The summed E-state index contributed by atoms with van der Waals surface area (Å²) in [4.78, 5) is 10.9. The zero-order valence-electron chi connectivity index (χ0n) is 8.49. The molecule has 1 heterocycles. The Morgan fingerprint density at radius 3 is 3.13 bits per heavy atom. The van der Waals surface area contributed by atoms with E-state index in [0.717, 1.165) is 17.4 Å². The summed E-state index contributed by atoms with van der Waals surface area (Å²) in [6.07, 6.45) is 0.798. The van der Waals surface area contributed by atoms with Gasteiger partial charge < -0.3 is 15.0 Å². The standard InChI is InChI=1S/C10H12BNO3/c1-7(13)12-9-3-2-8-4-5-15-11(14)10(8)6-9/h2-3,6,14H,4-5H2,1H3,(H,12,13). The van der Waals surface area contributed by atoms with E-state index >= 15 is 0 Å². The van der Waals surface area contributed by atoms with E-state index in [0.29, 0.717) is 12.3 Å². The highest BCUT2D eigenvalue weighted by atomic mass is 16.5. The van der Waals surface area contributed by atoms with Gasteiger partial charge in [-0.2, -0.15) is 0 Å². The minimum absolute atomic E-state index is 0.124. The number of amides is 1. The van der Waals surface area contributed by atoms with Gasteiger partial charge in [0, 0.05) is 19.2 Å². The summed E-state index contributed by atoms with van der Waals surface area (Å²) in [5, 5.41) is 12.3. The predicted octanol–water partition coefficient (Wildman–Crippen LogP) is -0.0948. The Balaban J connectivity index is 2.31. The molecule has 0 bridgehead atoms. The smallest absolute Gasteiger partial charge is 0.423 e. The molecule has 78 valence electrons. The topological polar surface area (TPSA) is 58.6 Å². The van der Waals surface area contributed by atoms with Crippen molar-refractivity contribution < 1.29 is 14.5 Å². The number of carbonyl (C=O) groups excluding carboxylic acids is 1. The minimum Gasteiger partial charge on any atom is -0.423 e. The summed E-state index contributed by atoms with van der Waals surface area (Å²) in [6.45, 7) is 1.99. The van der Waals surface area contributed by atoms with Gasteiger partial charge in [0.2, 0.25) is 5.91 Å². The van der Waals surface area contributed by atoms with Gasteiger partial charge in [-0.3, -0.25) is 4.79 Å². The van der Waals surface area contributed by atoms with Crippen LogP contribution >= 0.6 is 0 Å². The Kier molecular flexibility index (Phi) is 2.75. The van der Waals surface area contributed by atoms with Crippen molar-refractivity contribution in [3.63, 3.8) is 0 Å². The second kappa shape index (κ2) is 4.04. The molecule has 15 heavy (non-hydrogen) atoms. The lowest BCUT2D eigenvalue weighted by Gasteiger charge is -2.19. The van der Waals surface area contributed by atoms with Gasteiger partial charge >= 0.3 is 7.12 Å². The largest absolute Gasteiger partial charge is 0.491 e. The molecule has 1 amide bonds. The number of anilines is 1. The van der Waals surface area contributed by atoms with Crippen LogP contribution in [0.2, 0.25) is 0 Å². The van der Waals surface area contributed by atoms with Crippen LogP contribution in [-0.2, 0) is 15.9 Å². The molecular formula is C10H12BNO3. The first-order chi connectivity index (χ1) is 7.16. The van der Waals surface area contributed by atoms with Crippen LogP contribution in [0, 0.1) is 0 Å². The summed E-state index contributed by atoms with van der Waals surface area (Å²) in [6, 6.07) is 5.49. The number of benzene rings is 1. The van der Waals surface area contributed by atoms with E-state index in [1.807, 2.05) is 12.1 Å². The average Bonchev–Trinajstić information content (AvgIpc) is 2.18. The van der Waals surface area contributed by atoms with Crippen molar-refractivity contribution >= 4 is 24.2 Å². The van der Waals surface area contributed by atoms with E-state index in [1.165, 1.54) is 6.92 Å². The molecule has 1 aliphatic rings. The summed E-state index contributed by atoms with van der Waals surface area (Å²) in [5.74, 6) is -0.124. The van der Waals surface area contributed by atoms with E-state index in [4.69, 9.17) is 4.65 Å². The van der Waals surface area contributed by atoms with Crippen molar-refractivity contribution in [1.82, 2.24) is 0 Å². The molecule has 1 aliphatic heterocycles. The van der Waals surface area contributed by atoms with E-state index in [1.54, 1.807) is 6.07 Å². The SMILES string of the molecule is CC(=O)Nc1ccc2c(c1)B(O)OCC2. The summed E-state index contributed by atoms with van der Waals surface area (Å²) in [7, 11) is -0.873. The van der Waals surface area contributed by atoms with E-state index in [2.05, 4.69) is 5.32 Å². The first kappa shape index (κ1) is 10.2. The molecule has 0 saturated heterocycles. The molecule has 0 spiro atoms. The van der Waals surface area contributed by atoms with Crippen molar-refractivity contribution in [1.29, 1.82) is 0 Å². The maximum atomic E-state index is 10.9. The normalized spacial score (nSPS) is 14.7. The molecule has 0 fully saturated rings. The van der Waals surface area contributed by atoms with Gasteiger partial charge in [-0.05, 0) is 29.6 Å². The predicted molar refractivity (Wildman–Crippen MR) is 58.0 cm³/mol. The van der Waals surface area contributed by atoms with Crippen LogP contribution < -0.4 is 10.8 Å². The van der Waals surface area contributed by atoms with Crippen molar-refractivity contribution in [2.75, 3.05) is 11.9 Å². The maximum absolute atomic E-state index is 10.9. The van der Waals surface area contributed by atoms with Gasteiger partial charge in [-0.25, -0.2) is 0 Å². The molecule has 0 unspecified atom stereocenters. The lowest BCUT2D eigenvalue weighted by atomic mass is 9.73. The Labute approximate surface area is 88.4 Å². The molecule has 5 heteroatoms. The minimum atomic E-state index is -0.873. The zero-order chi connectivity index (χ0) is 10.8. The Morgan fingerprint density at radius 1 is 1.60 bits per heavy atom. The number of rotatable bonds is 1. The molecular weight excluding hydrogens is 193 g/mol. The molecule has 2 rings (SSSR count). The zero-order valence-corrected chi connectivity index (χ0v) is 8.49. The van der Waals surface area contributed by atoms with Crippen LogP contribution in [-0.4, -0.2) is 24.7 Å². The second-order valence-corrected chi connectivity index (χ2v) is 3.57. The van der Waals surface area contributed by atoms with Crippen LogP contribution in [0.25, 0.3) is 0 Å². The van der Waals surface area contributed by atoms with Crippen LogP contribution in [0.15, 0.2) is 18.2 Å². The van der Waals surface area contributed by atoms with Gasteiger partial charge in [-0.1, -0.05) is 6.07 Å². The van der Waals surface area contributed by atoms with Gasteiger partial charge in [-0.15, -0.1) is 0 Å². The number of hydrogen-bond acceptors (Lipinski definition) is 3. The fourth-order valence-corrected chi connectivity index (χ4v) is 1.70. The van der Waals surface area contributed by atoms with Crippen molar-refractivity contribution in [3.8, 4) is 0 Å². The van der Waals surface area contributed by atoms with Gasteiger partial charge in [0.1, 0.15) is 0 Å². The first-order valence-corrected chi connectivity index (χ1v) is 4.87. The molecule has 2 N–H and O–H groups in total. The van der Waals surface area contributed by atoms with E-state index in [9.17, 15) is 9.82 Å². The second-order valence-electron chi connectivity index (χ2n) is 3.57. The molecule has 0 atom stereocenters.